The number of hydrogen-bond acceptors (Lipinski definition) is 2. The summed E-state index contributed by atoms with van der Waals surface area (Å²) in [5.41, 5.74) is 4.14. The van der Waals surface area contributed by atoms with Crippen molar-refractivity contribution in [3.63, 3.8) is 0 Å². The topological polar surface area (TPSA) is 61.1 Å². The zero-order valence-electron chi connectivity index (χ0n) is 15.9. The molecule has 24 heavy (non-hydrogen) atoms. The molecular formula is C21H33NO2. The number of carboxylic acids is 1. The zero-order chi connectivity index (χ0) is 18.5. The predicted octanol–water partition coefficient (Wildman–Crippen LogP) is 6.05. The quantitative estimate of drug-likeness (QED) is 0.469. The lowest BCUT2D eigenvalue weighted by Crippen LogP contribution is -2.19. The molecule has 3 heteroatoms. The van der Waals surface area contributed by atoms with Crippen molar-refractivity contribution in [2.45, 2.75) is 73.1 Å². The van der Waals surface area contributed by atoms with E-state index in [0.717, 1.165) is 38.5 Å². The molecule has 2 unspecified atom stereocenters. The molecule has 0 aliphatic carbocycles. The van der Waals surface area contributed by atoms with Crippen LogP contribution in [0.4, 0.5) is 0 Å². The number of nitrogens with zero attached hydrogens (tertiary/aromatic N) is 1. The first-order chi connectivity index (χ1) is 11.3. The van der Waals surface area contributed by atoms with Gasteiger partial charge in [-0.2, -0.15) is 5.26 Å². The van der Waals surface area contributed by atoms with Crippen molar-refractivity contribution in [3.8, 4) is 6.07 Å². The molecule has 0 amide bonds. The van der Waals surface area contributed by atoms with Crippen LogP contribution in [0.1, 0.15) is 73.1 Å². The fraction of sp³-hybridized carbons (Fsp3) is 0.619. The second-order valence-electron chi connectivity index (χ2n) is 6.96. The van der Waals surface area contributed by atoms with Crippen LogP contribution >= 0.6 is 0 Å². The summed E-state index contributed by atoms with van der Waals surface area (Å²) >= 11 is 0. The highest BCUT2D eigenvalue weighted by Crippen LogP contribution is 2.19. The maximum absolute atomic E-state index is 10.9. The fourth-order valence-corrected chi connectivity index (χ4v) is 2.52. The molecule has 0 aromatic carbocycles. The van der Waals surface area contributed by atoms with Crippen LogP contribution in [0.2, 0.25) is 0 Å². The molecule has 0 radical (unpaired) electrons. The number of hydrogen-bond donors (Lipinski definition) is 1. The Bertz CT molecular complexity index is 516. The first-order valence-corrected chi connectivity index (χ1v) is 8.85. The van der Waals surface area contributed by atoms with Crippen molar-refractivity contribution in [1.82, 2.24) is 0 Å². The fourth-order valence-electron chi connectivity index (χ4n) is 2.52. The molecule has 0 fully saturated rings. The molecule has 0 bridgehead atoms. The normalized spacial score (nSPS) is 14.7. The molecule has 0 aromatic rings. The monoisotopic (exact) mass is 331 g/mol. The standard InChI is InChI=1S/C21H33NO2/c1-16(2)9-6-10-17(3)11-7-12-18(4)13-8-14-19(5)20(15-22)21(23)24/h9,11,13,19-20H,6-8,10,12,14H2,1-5H3,(H,23,24). The lowest BCUT2D eigenvalue weighted by molar-refractivity contribution is -0.141. The highest BCUT2D eigenvalue weighted by Gasteiger charge is 2.23. The van der Waals surface area contributed by atoms with Crippen LogP contribution in [-0.4, -0.2) is 11.1 Å². The minimum absolute atomic E-state index is 0.117. The highest BCUT2D eigenvalue weighted by molar-refractivity contribution is 5.73. The van der Waals surface area contributed by atoms with E-state index < -0.39 is 11.9 Å². The summed E-state index contributed by atoms with van der Waals surface area (Å²) in [5.74, 6) is -2.03. The molecule has 134 valence electrons. The molecule has 1 N–H and O–H groups in total. The first kappa shape index (κ1) is 22.2. The molecule has 0 saturated carbocycles. The van der Waals surface area contributed by atoms with E-state index in [4.69, 9.17) is 10.4 Å². The Morgan fingerprint density at radius 1 is 1.00 bits per heavy atom. The van der Waals surface area contributed by atoms with Crippen molar-refractivity contribution in [3.05, 3.63) is 34.9 Å². The van der Waals surface area contributed by atoms with Crippen molar-refractivity contribution in [2.75, 3.05) is 0 Å². The van der Waals surface area contributed by atoms with Gasteiger partial charge < -0.3 is 5.11 Å². The van der Waals surface area contributed by atoms with E-state index in [1.54, 1.807) is 0 Å². The van der Waals surface area contributed by atoms with E-state index in [1.165, 1.54) is 16.7 Å². The lowest BCUT2D eigenvalue weighted by Gasteiger charge is -2.12. The third-order valence-electron chi connectivity index (χ3n) is 4.21. The van der Waals surface area contributed by atoms with E-state index in [0.29, 0.717) is 0 Å². The van der Waals surface area contributed by atoms with Crippen LogP contribution in [0.15, 0.2) is 34.9 Å². The molecule has 0 aliphatic rings. The smallest absolute Gasteiger partial charge is 0.321 e. The van der Waals surface area contributed by atoms with Crippen molar-refractivity contribution in [1.29, 1.82) is 5.26 Å². The van der Waals surface area contributed by atoms with Gasteiger partial charge in [0.1, 0.15) is 5.92 Å². The van der Waals surface area contributed by atoms with Gasteiger partial charge in [0.25, 0.3) is 0 Å². The molecule has 0 aromatic heterocycles. The van der Waals surface area contributed by atoms with Crippen molar-refractivity contribution in [2.24, 2.45) is 11.8 Å². The SMILES string of the molecule is CC(C)=CCCC(C)=CCCC(C)=CCCC(C)C(C#N)C(=O)O. The Hall–Kier alpha value is -1.82. The van der Waals surface area contributed by atoms with Crippen LogP contribution in [-0.2, 0) is 4.79 Å². The average Bonchev–Trinajstić information content (AvgIpc) is 2.47. The summed E-state index contributed by atoms with van der Waals surface area (Å²) in [7, 11) is 0. The summed E-state index contributed by atoms with van der Waals surface area (Å²) in [6.07, 6.45) is 12.7. The highest BCUT2D eigenvalue weighted by atomic mass is 16.4. The first-order valence-electron chi connectivity index (χ1n) is 8.85. The third-order valence-corrected chi connectivity index (χ3v) is 4.21. The van der Waals surface area contributed by atoms with E-state index in [2.05, 4.69) is 45.9 Å². The van der Waals surface area contributed by atoms with Gasteiger partial charge in [-0.15, -0.1) is 0 Å². The predicted molar refractivity (Wildman–Crippen MR) is 101 cm³/mol. The molecular weight excluding hydrogens is 298 g/mol. The molecule has 0 saturated heterocycles. The van der Waals surface area contributed by atoms with Crippen LogP contribution in [0, 0.1) is 23.2 Å². The Labute approximate surface area is 147 Å². The number of carbonyl (C=O) groups is 1. The van der Waals surface area contributed by atoms with Crippen LogP contribution < -0.4 is 0 Å². The van der Waals surface area contributed by atoms with Crippen molar-refractivity contribution < 1.29 is 9.90 Å². The van der Waals surface area contributed by atoms with Crippen LogP contribution in [0.25, 0.3) is 0 Å². The summed E-state index contributed by atoms with van der Waals surface area (Å²) < 4.78 is 0. The molecule has 0 heterocycles. The summed E-state index contributed by atoms with van der Waals surface area (Å²) in [6, 6.07) is 1.88. The number of nitriles is 1. The van der Waals surface area contributed by atoms with Gasteiger partial charge in [-0.25, -0.2) is 0 Å². The van der Waals surface area contributed by atoms with Crippen LogP contribution in [0.3, 0.4) is 0 Å². The van der Waals surface area contributed by atoms with Gasteiger partial charge in [0.05, 0.1) is 6.07 Å². The van der Waals surface area contributed by atoms with Gasteiger partial charge in [0.15, 0.2) is 0 Å². The molecule has 0 spiro atoms. The van der Waals surface area contributed by atoms with E-state index in [9.17, 15) is 4.79 Å². The van der Waals surface area contributed by atoms with E-state index >= 15 is 0 Å². The Kier molecular flexibility index (Phi) is 11.6. The largest absolute Gasteiger partial charge is 0.480 e. The third kappa shape index (κ3) is 10.8. The second kappa shape index (κ2) is 12.6. The number of aliphatic carboxylic acids is 1. The number of rotatable bonds is 11. The zero-order valence-corrected chi connectivity index (χ0v) is 15.9. The second-order valence-corrected chi connectivity index (χ2v) is 6.96. The average molecular weight is 332 g/mol. The summed E-state index contributed by atoms with van der Waals surface area (Å²) in [6.45, 7) is 10.4. The molecule has 0 rings (SSSR count). The molecule has 0 aliphatic heterocycles. The Balaban J connectivity index is 4.13. The Morgan fingerprint density at radius 3 is 1.96 bits per heavy atom. The summed E-state index contributed by atoms with van der Waals surface area (Å²) in [4.78, 5) is 10.9. The lowest BCUT2D eigenvalue weighted by atomic mass is 9.91. The maximum atomic E-state index is 10.9. The Morgan fingerprint density at radius 2 is 1.50 bits per heavy atom. The minimum Gasteiger partial charge on any atom is -0.480 e. The van der Waals surface area contributed by atoms with Crippen molar-refractivity contribution >= 4 is 5.97 Å². The van der Waals surface area contributed by atoms with Gasteiger partial charge in [-0.3, -0.25) is 4.79 Å². The summed E-state index contributed by atoms with van der Waals surface area (Å²) in [5, 5.41) is 17.8. The minimum atomic E-state index is -1.01. The van der Waals surface area contributed by atoms with E-state index in [1.807, 2.05) is 13.0 Å². The van der Waals surface area contributed by atoms with Gasteiger partial charge in [0, 0.05) is 0 Å². The van der Waals surface area contributed by atoms with Gasteiger partial charge in [-0.05, 0) is 72.1 Å². The van der Waals surface area contributed by atoms with Crippen LogP contribution in [0.5, 0.6) is 0 Å². The van der Waals surface area contributed by atoms with Gasteiger partial charge >= 0.3 is 5.97 Å². The number of carboxylic acid groups (broad SMARTS) is 1. The maximum Gasteiger partial charge on any atom is 0.321 e. The van der Waals surface area contributed by atoms with Gasteiger partial charge in [0.2, 0.25) is 0 Å². The number of allylic oxidation sites excluding steroid dienone is 6. The van der Waals surface area contributed by atoms with Gasteiger partial charge in [-0.1, -0.05) is 41.9 Å². The molecule has 2 atom stereocenters. The molecule has 3 nitrogen and oxygen atoms in total. The van der Waals surface area contributed by atoms with E-state index in [-0.39, 0.29) is 5.92 Å².